The van der Waals surface area contributed by atoms with Crippen molar-refractivity contribution in [2.45, 2.75) is 97.7 Å². The van der Waals surface area contributed by atoms with Crippen molar-refractivity contribution in [2.24, 2.45) is 0 Å². The van der Waals surface area contributed by atoms with Crippen molar-refractivity contribution in [3.05, 3.63) is 11.6 Å². The van der Waals surface area contributed by atoms with E-state index in [0.717, 1.165) is 6.08 Å². The summed E-state index contributed by atoms with van der Waals surface area (Å²) in [6.45, 7) is 13.1. The lowest BCUT2D eigenvalue weighted by atomic mass is 10.2. The number of alkyl halides is 2. The minimum absolute atomic E-state index is 0.256. The summed E-state index contributed by atoms with van der Waals surface area (Å²) in [4.78, 5) is 24.5. The molecule has 0 aromatic heterocycles. The van der Waals surface area contributed by atoms with Crippen LogP contribution in [0.4, 0.5) is 8.78 Å². The summed E-state index contributed by atoms with van der Waals surface area (Å²) in [5.41, 5.74) is -5.39. The topological polar surface area (TPSA) is 114 Å². The number of aliphatic hydroxyl groups is 1. The first-order valence-electron chi connectivity index (χ1n) is 9.99. The molecule has 0 aromatic carbocycles. The van der Waals surface area contributed by atoms with Crippen LogP contribution < -0.4 is 10.2 Å². The van der Waals surface area contributed by atoms with E-state index >= 15 is 8.78 Å². The van der Waals surface area contributed by atoms with Crippen molar-refractivity contribution in [1.82, 2.24) is 10.2 Å². The predicted molar refractivity (Wildman–Crippen MR) is 115 cm³/mol. The van der Waals surface area contributed by atoms with Crippen LogP contribution in [0.3, 0.4) is 0 Å². The fourth-order valence-corrected chi connectivity index (χ4v) is 4.25. The number of ether oxygens (including phenoxy) is 2. The maximum atomic E-state index is 15.1. The van der Waals surface area contributed by atoms with Gasteiger partial charge >= 0.3 is 17.6 Å². The molecule has 0 amide bonds. The Hall–Kier alpha value is -1.35. The number of nitrogens with one attached hydrogen (secondary N) is 2. The maximum absolute atomic E-state index is 15.1. The molecule has 0 aliphatic rings. The standard InChI is InChI=1S/C20H37F2N2O6P/c1-13(12-25)10-11-20(21,22)31(28,23-14(2)16(26)29-18(4,5)6)24-15(3)17(27)30-19(7,8)9/h10,14-15,25H,11-12H2,1-9H3,(H2,23,24,28)/b13-10+/t14-,15-/m0/s1. The molecule has 0 fully saturated rings. The van der Waals surface area contributed by atoms with Crippen LogP contribution in [0.1, 0.15) is 68.7 Å². The summed E-state index contributed by atoms with van der Waals surface area (Å²) in [6.07, 6.45) is 0.0606. The summed E-state index contributed by atoms with van der Waals surface area (Å²) in [5.74, 6) is -1.75. The van der Waals surface area contributed by atoms with E-state index in [0.29, 0.717) is 0 Å². The third-order valence-electron chi connectivity index (χ3n) is 3.68. The quantitative estimate of drug-likeness (QED) is 0.251. The van der Waals surface area contributed by atoms with Crippen LogP contribution in [-0.2, 0) is 23.6 Å². The highest BCUT2D eigenvalue weighted by Gasteiger charge is 2.52. The van der Waals surface area contributed by atoms with Gasteiger partial charge in [-0.2, -0.15) is 8.78 Å². The van der Waals surface area contributed by atoms with Crippen LogP contribution in [0.5, 0.6) is 0 Å². The maximum Gasteiger partial charge on any atom is 0.327 e. The molecule has 0 bridgehead atoms. The second kappa shape index (κ2) is 11.0. The lowest BCUT2D eigenvalue weighted by molar-refractivity contribution is -0.157. The summed E-state index contributed by atoms with van der Waals surface area (Å²) in [5, 5.41) is 13.4. The third kappa shape index (κ3) is 10.7. The van der Waals surface area contributed by atoms with Crippen LogP contribution in [0, 0.1) is 0 Å². The molecule has 0 aromatic rings. The van der Waals surface area contributed by atoms with Gasteiger partial charge in [0.2, 0.25) is 0 Å². The Bertz CT molecular complexity index is 673. The number of carbonyl (C=O) groups is 2. The molecule has 0 unspecified atom stereocenters. The van der Waals surface area contributed by atoms with E-state index in [1.54, 1.807) is 41.5 Å². The van der Waals surface area contributed by atoms with Crippen LogP contribution in [0.2, 0.25) is 0 Å². The van der Waals surface area contributed by atoms with Crippen LogP contribution in [0.15, 0.2) is 11.6 Å². The Morgan fingerprint density at radius 3 is 1.61 bits per heavy atom. The molecule has 11 heteroatoms. The van der Waals surface area contributed by atoms with Crippen molar-refractivity contribution < 1.29 is 37.5 Å². The zero-order chi connectivity index (χ0) is 24.8. The molecular formula is C20H37F2N2O6P. The molecule has 8 nitrogen and oxygen atoms in total. The first-order chi connectivity index (χ1) is 13.7. The number of allylic oxidation sites excluding steroid dienone is 1. The Labute approximate surface area is 183 Å². The molecule has 0 saturated heterocycles. The lowest BCUT2D eigenvalue weighted by Gasteiger charge is -2.33. The van der Waals surface area contributed by atoms with E-state index in [1.165, 1.54) is 20.8 Å². The number of aliphatic hydroxyl groups excluding tert-OH is 1. The Morgan fingerprint density at radius 2 is 1.32 bits per heavy atom. The van der Waals surface area contributed by atoms with Gasteiger partial charge in [0.25, 0.3) is 7.44 Å². The minimum Gasteiger partial charge on any atom is -0.459 e. The van der Waals surface area contributed by atoms with Crippen molar-refractivity contribution in [2.75, 3.05) is 6.61 Å². The van der Waals surface area contributed by atoms with Crippen LogP contribution >= 0.6 is 7.44 Å². The lowest BCUT2D eigenvalue weighted by Crippen LogP contribution is -2.48. The average molecular weight is 470 g/mol. The Balaban J connectivity index is 5.87. The first-order valence-corrected chi connectivity index (χ1v) is 11.7. The number of esters is 2. The fraction of sp³-hybridized carbons (Fsp3) is 0.800. The number of hydrogen-bond acceptors (Lipinski definition) is 6. The molecule has 0 heterocycles. The smallest absolute Gasteiger partial charge is 0.327 e. The summed E-state index contributed by atoms with van der Waals surface area (Å²) < 4.78 is 53.9. The van der Waals surface area contributed by atoms with E-state index < -0.39 is 61.4 Å². The highest BCUT2D eigenvalue weighted by atomic mass is 31.2. The molecule has 0 spiro atoms. The molecule has 0 aliphatic heterocycles. The van der Waals surface area contributed by atoms with E-state index in [9.17, 15) is 14.2 Å². The number of rotatable bonds is 10. The number of carbonyl (C=O) groups excluding carboxylic acids is 2. The summed E-state index contributed by atoms with van der Waals surface area (Å²) in [7, 11) is -4.90. The molecule has 31 heavy (non-hydrogen) atoms. The van der Waals surface area contributed by atoms with E-state index in [1.807, 2.05) is 0 Å². The van der Waals surface area contributed by atoms with Crippen molar-refractivity contribution >= 4 is 19.4 Å². The van der Waals surface area contributed by atoms with Gasteiger partial charge in [-0.1, -0.05) is 11.6 Å². The molecule has 182 valence electrons. The second-order valence-electron chi connectivity index (χ2n) is 9.46. The van der Waals surface area contributed by atoms with E-state index in [4.69, 9.17) is 14.6 Å². The van der Waals surface area contributed by atoms with Crippen LogP contribution in [-0.4, -0.2) is 52.6 Å². The van der Waals surface area contributed by atoms with Gasteiger partial charge < -0.3 is 14.6 Å². The molecule has 0 rings (SSSR count). The van der Waals surface area contributed by atoms with Crippen molar-refractivity contribution in [1.29, 1.82) is 0 Å². The van der Waals surface area contributed by atoms with Gasteiger partial charge in [-0.25, -0.2) is 10.2 Å². The minimum atomic E-state index is -4.90. The normalized spacial score (nSPS) is 15.9. The summed E-state index contributed by atoms with van der Waals surface area (Å²) in [6, 6.07) is -2.73. The van der Waals surface area contributed by atoms with Gasteiger partial charge in [0, 0.05) is 6.42 Å². The van der Waals surface area contributed by atoms with Crippen molar-refractivity contribution in [3.8, 4) is 0 Å². The predicted octanol–water partition coefficient (Wildman–Crippen LogP) is 3.74. The first kappa shape index (κ1) is 29.7. The van der Waals surface area contributed by atoms with Gasteiger partial charge in [0.15, 0.2) is 0 Å². The van der Waals surface area contributed by atoms with Gasteiger partial charge in [-0.05, 0) is 62.3 Å². The third-order valence-corrected chi connectivity index (χ3v) is 6.28. The number of hydrogen-bond donors (Lipinski definition) is 3. The summed E-state index contributed by atoms with van der Waals surface area (Å²) >= 11 is 0. The molecule has 0 aliphatic carbocycles. The molecule has 0 saturated carbocycles. The van der Waals surface area contributed by atoms with E-state index in [-0.39, 0.29) is 5.57 Å². The van der Waals surface area contributed by atoms with Gasteiger partial charge in [-0.15, -0.1) is 0 Å². The largest absolute Gasteiger partial charge is 0.459 e. The fourth-order valence-electron chi connectivity index (χ4n) is 2.15. The Kier molecular flexibility index (Phi) is 10.5. The molecule has 0 radical (unpaired) electrons. The van der Waals surface area contributed by atoms with Gasteiger partial charge in [0.05, 0.1) is 6.61 Å². The zero-order valence-electron chi connectivity index (χ0n) is 19.8. The highest BCUT2D eigenvalue weighted by molar-refractivity contribution is 7.61. The Morgan fingerprint density at radius 1 is 0.968 bits per heavy atom. The number of halogens is 2. The van der Waals surface area contributed by atoms with E-state index in [2.05, 4.69) is 10.2 Å². The monoisotopic (exact) mass is 470 g/mol. The second-order valence-corrected chi connectivity index (χ2v) is 11.8. The highest BCUT2D eigenvalue weighted by Crippen LogP contribution is 2.56. The average Bonchev–Trinajstić information content (AvgIpc) is 2.56. The van der Waals surface area contributed by atoms with Gasteiger partial charge in [0.1, 0.15) is 23.3 Å². The zero-order valence-corrected chi connectivity index (χ0v) is 20.7. The van der Waals surface area contributed by atoms with Crippen LogP contribution in [0.25, 0.3) is 0 Å². The van der Waals surface area contributed by atoms with Crippen molar-refractivity contribution in [3.63, 3.8) is 0 Å². The molecular weight excluding hydrogens is 433 g/mol. The van der Waals surface area contributed by atoms with Gasteiger partial charge in [-0.3, -0.25) is 14.2 Å². The molecule has 3 N–H and O–H groups in total. The molecule has 2 atom stereocenters. The SMILES string of the molecule is C/C(=C\CC(F)(F)P(=O)(N[C@@H](C)C(=O)OC(C)(C)C)N[C@@H](C)C(=O)OC(C)(C)C)CO.